The summed E-state index contributed by atoms with van der Waals surface area (Å²) in [6, 6.07) is 11.6. The lowest BCUT2D eigenvalue weighted by molar-refractivity contribution is -0.119. The van der Waals surface area contributed by atoms with Crippen molar-refractivity contribution in [2.75, 3.05) is 32.8 Å². The molecule has 7 heteroatoms. The number of benzene rings is 2. The van der Waals surface area contributed by atoms with Crippen LogP contribution in [0, 0.1) is 0 Å². The summed E-state index contributed by atoms with van der Waals surface area (Å²) in [5.74, 6) is 0.670. The van der Waals surface area contributed by atoms with E-state index < -0.39 is 18.5 Å². The van der Waals surface area contributed by atoms with Crippen LogP contribution in [0.5, 0.6) is 17.2 Å². The smallest absolute Gasteiger partial charge is 0.338 e. The summed E-state index contributed by atoms with van der Waals surface area (Å²) < 4.78 is 20.9. The summed E-state index contributed by atoms with van der Waals surface area (Å²) in [4.78, 5) is 24.2. The summed E-state index contributed by atoms with van der Waals surface area (Å²) >= 11 is 0. The van der Waals surface area contributed by atoms with Crippen molar-refractivity contribution < 1.29 is 28.5 Å². The molecule has 0 radical (unpaired) electrons. The number of anilines is 1. The number of nitrogens with one attached hydrogen (secondary N) is 1. The maximum atomic E-state index is 12.1. The summed E-state index contributed by atoms with van der Waals surface area (Å²) in [5, 5.41) is 2.64. The van der Waals surface area contributed by atoms with E-state index in [1.165, 1.54) is 14.2 Å². The van der Waals surface area contributed by atoms with Gasteiger partial charge in [-0.1, -0.05) is 13.3 Å². The first kappa shape index (κ1) is 21.1. The molecule has 0 bridgehead atoms. The van der Waals surface area contributed by atoms with E-state index in [1.54, 1.807) is 42.5 Å². The fraction of sp³-hybridized carbons (Fsp3) is 0.333. The Labute approximate surface area is 164 Å². The summed E-state index contributed by atoms with van der Waals surface area (Å²) in [6.45, 7) is 2.31. The van der Waals surface area contributed by atoms with Gasteiger partial charge in [0, 0.05) is 6.07 Å². The van der Waals surface area contributed by atoms with Crippen LogP contribution in [0.15, 0.2) is 42.5 Å². The highest BCUT2D eigenvalue weighted by atomic mass is 16.5. The number of hydrogen-bond donors (Lipinski definition) is 1. The average Bonchev–Trinajstić information content (AvgIpc) is 2.73. The van der Waals surface area contributed by atoms with Gasteiger partial charge in [0.25, 0.3) is 5.91 Å². The van der Waals surface area contributed by atoms with Crippen LogP contribution in [0.4, 0.5) is 5.69 Å². The maximum Gasteiger partial charge on any atom is 0.338 e. The zero-order chi connectivity index (χ0) is 20.4. The summed E-state index contributed by atoms with van der Waals surface area (Å²) in [7, 11) is 3.02. The Morgan fingerprint density at radius 3 is 2.32 bits per heavy atom. The Morgan fingerprint density at radius 2 is 1.68 bits per heavy atom. The molecule has 0 atom stereocenters. The van der Waals surface area contributed by atoms with E-state index in [0.29, 0.717) is 35.1 Å². The van der Waals surface area contributed by atoms with E-state index in [4.69, 9.17) is 18.9 Å². The molecule has 0 saturated carbocycles. The number of amides is 1. The third-order valence-electron chi connectivity index (χ3n) is 3.87. The first-order chi connectivity index (χ1) is 13.6. The zero-order valence-electron chi connectivity index (χ0n) is 16.3. The molecule has 0 aliphatic rings. The highest BCUT2D eigenvalue weighted by Gasteiger charge is 2.13. The number of carbonyl (C=O) groups is 2. The lowest BCUT2D eigenvalue weighted by Gasteiger charge is -2.12. The molecule has 0 aromatic heterocycles. The Balaban J connectivity index is 1.86. The largest absolute Gasteiger partial charge is 0.497 e. The standard InChI is InChI=1S/C21H25NO6/c1-4-5-12-27-16-8-6-15(7-9-16)21(24)28-14-20(23)22-18-11-10-17(25-2)13-19(18)26-3/h6-11,13H,4-5,12,14H2,1-3H3,(H,22,23). The molecule has 2 aromatic carbocycles. The van der Waals surface area contributed by atoms with Gasteiger partial charge in [-0.05, 0) is 42.8 Å². The predicted octanol–water partition coefficient (Wildman–Crippen LogP) is 3.68. The van der Waals surface area contributed by atoms with Gasteiger partial charge in [0.2, 0.25) is 0 Å². The molecule has 0 aliphatic carbocycles. The van der Waals surface area contributed by atoms with Crippen LogP contribution in [-0.4, -0.2) is 39.3 Å². The third kappa shape index (κ3) is 6.19. The zero-order valence-corrected chi connectivity index (χ0v) is 16.3. The second kappa shape index (κ2) is 10.8. The number of esters is 1. The van der Waals surface area contributed by atoms with E-state index in [9.17, 15) is 9.59 Å². The second-order valence-corrected chi connectivity index (χ2v) is 5.92. The molecule has 0 heterocycles. The second-order valence-electron chi connectivity index (χ2n) is 5.92. The third-order valence-corrected chi connectivity index (χ3v) is 3.87. The SMILES string of the molecule is CCCCOc1ccc(C(=O)OCC(=O)Nc2ccc(OC)cc2OC)cc1. The van der Waals surface area contributed by atoms with Gasteiger partial charge < -0.3 is 24.3 Å². The number of carbonyl (C=O) groups excluding carboxylic acids is 2. The van der Waals surface area contributed by atoms with Crippen LogP contribution in [0.1, 0.15) is 30.1 Å². The molecule has 2 aromatic rings. The quantitative estimate of drug-likeness (QED) is 0.495. The van der Waals surface area contributed by atoms with E-state index in [2.05, 4.69) is 12.2 Å². The molecule has 1 amide bonds. The van der Waals surface area contributed by atoms with Gasteiger partial charge >= 0.3 is 5.97 Å². The van der Waals surface area contributed by atoms with Gasteiger partial charge in [0.1, 0.15) is 17.2 Å². The molecular weight excluding hydrogens is 362 g/mol. The lowest BCUT2D eigenvalue weighted by Crippen LogP contribution is -2.21. The molecular formula is C21H25NO6. The molecule has 2 rings (SSSR count). The van der Waals surface area contributed by atoms with E-state index in [1.807, 2.05) is 0 Å². The molecule has 1 N–H and O–H groups in total. The number of hydrogen-bond acceptors (Lipinski definition) is 6. The van der Waals surface area contributed by atoms with Crippen molar-refractivity contribution in [3.63, 3.8) is 0 Å². The number of ether oxygens (including phenoxy) is 4. The molecule has 0 fully saturated rings. The minimum atomic E-state index is -0.586. The number of rotatable bonds is 10. The highest BCUT2D eigenvalue weighted by Crippen LogP contribution is 2.28. The monoisotopic (exact) mass is 387 g/mol. The van der Waals surface area contributed by atoms with Crippen LogP contribution in [0.25, 0.3) is 0 Å². The Kier molecular flexibility index (Phi) is 8.14. The molecule has 28 heavy (non-hydrogen) atoms. The van der Waals surface area contributed by atoms with Gasteiger partial charge in [-0.3, -0.25) is 4.79 Å². The number of unbranched alkanes of at least 4 members (excludes halogenated alkanes) is 1. The van der Waals surface area contributed by atoms with Gasteiger partial charge in [-0.15, -0.1) is 0 Å². The molecule has 0 aliphatic heterocycles. The topological polar surface area (TPSA) is 83.1 Å². The molecule has 0 spiro atoms. The summed E-state index contributed by atoms with van der Waals surface area (Å²) in [5.41, 5.74) is 0.801. The van der Waals surface area contributed by atoms with Gasteiger partial charge in [0.05, 0.1) is 32.1 Å². The van der Waals surface area contributed by atoms with Crippen molar-refractivity contribution in [3.05, 3.63) is 48.0 Å². The van der Waals surface area contributed by atoms with Crippen molar-refractivity contribution in [1.82, 2.24) is 0 Å². The van der Waals surface area contributed by atoms with Gasteiger partial charge in [-0.2, -0.15) is 0 Å². The first-order valence-corrected chi connectivity index (χ1v) is 8.99. The Morgan fingerprint density at radius 1 is 0.964 bits per heavy atom. The fourth-order valence-electron chi connectivity index (χ4n) is 2.32. The van der Waals surface area contributed by atoms with E-state index in [0.717, 1.165) is 12.8 Å². The van der Waals surface area contributed by atoms with E-state index in [-0.39, 0.29) is 0 Å². The van der Waals surface area contributed by atoms with Crippen LogP contribution >= 0.6 is 0 Å². The van der Waals surface area contributed by atoms with Gasteiger partial charge in [-0.25, -0.2) is 4.79 Å². The van der Waals surface area contributed by atoms with Crippen molar-refractivity contribution >= 4 is 17.6 Å². The van der Waals surface area contributed by atoms with Crippen molar-refractivity contribution in [2.24, 2.45) is 0 Å². The van der Waals surface area contributed by atoms with Crippen molar-refractivity contribution in [3.8, 4) is 17.2 Å². The number of methoxy groups -OCH3 is 2. The van der Waals surface area contributed by atoms with Crippen molar-refractivity contribution in [2.45, 2.75) is 19.8 Å². The first-order valence-electron chi connectivity index (χ1n) is 8.99. The van der Waals surface area contributed by atoms with Crippen LogP contribution in [0.2, 0.25) is 0 Å². The molecule has 150 valence electrons. The Hall–Kier alpha value is -3.22. The van der Waals surface area contributed by atoms with Gasteiger partial charge in [0.15, 0.2) is 6.61 Å². The summed E-state index contributed by atoms with van der Waals surface area (Å²) in [6.07, 6.45) is 2.02. The minimum Gasteiger partial charge on any atom is -0.497 e. The average molecular weight is 387 g/mol. The highest BCUT2D eigenvalue weighted by molar-refractivity contribution is 5.96. The predicted molar refractivity (Wildman–Crippen MR) is 105 cm³/mol. The van der Waals surface area contributed by atoms with Crippen LogP contribution in [-0.2, 0) is 9.53 Å². The van der Waals surface area contributed by atoms with Crippen molar-refractivity contribution in [1.29, 1.82) is 0 Å². The minimum absolute atomic E-state index is 0.345. The van der Waals surface area contributed by atoms with Crippen LogP contribution < -0.4 is 19.5 Å². The fourth-order valence-corrected chi connectivity index (χ4v) is 2.32. The van der Waals surface area contributed by atoms with E-state index >= 15 is 0 Å². The lowest BCUT2D eigenvalue weighted by atomic mass is 10.2. The molecule has 7 nitrogen and oxygen atoms in total. The molecule has 0 unspecified atom stereocenters. The molecule has 0 saturated heterocycles. The van der Waals surface area contributed by atoms with Crippen LogP contribution in [0.3, 0.4) is 0 Å². The Bertz CT molecular complexity index is 788. The normalized spacial score (nSPS) is 10.1. The maximum absolute atomic E-state index is 12.1.